The summed E-state index contributed by atoms with van der Waals surface area (Å²) in [5.41, 5.74) is 5.25. The molecule has 0 bridgehead atoms. The first kappa shape index (κ1) is 11.3. The average Bonchev–Trinajstić information content (AvgIpc) is 2.49. The minimum atomic E-state index is -1.07. The predicted molar refractivity (Wildman–Crippen MR) is 52.2 cm³/mol. The number of amides is 1. The van der Waals surface area contributed by atoms with Crippen molar-refractivity contribution in [3.63, 3.8) is 0 Å². The number of carboxylic acid groups (broad SMARTS) is 1. The summed E-state index contributed by atoms with van der Waals surface area (Å²) in [5.74, 6) is 0.467. The average molecular weight is 214 g/mol. The minimum Gasteiger partial charge on any atom is -0.465 e. The van der Waals surface area contributed by atoms with Gasteiger partial charge in [-0.1, -0.05) is 18.9 Å². The smallest absolute Gasteiger partial charge is 0.404 e. The number of hydrogen-bond donors (Lipinski definition) is 3. The zero-order valence-electron chi connectivity index (χ0n) is 8.60. The molecule has 0 aliphatic heterocycles. The van der Waals surface area contributed by atoms with Crippen LogP contribution in [-0.4, -0.2) is 27.4 Å². The fraction of sp³-hybridized carbons (Fsp3) is 0.625. The van der Waals surface area contributed by atoms with Crippen LogP contribution in [-0.2, 0) is 6.42 Å². The number of nitrogens with two attached hydrogens (primary N) is 1. The Morgan fingerprint density at radius 1 is 1.60 bits per heavy atom. The molecule has 1 rings (SSSR count). The molecule has 0 aliphatic carbocycles. The summed E-state index contributed by atoms with van der Waals surface area (Å²) in [6.45, 7) is 3.81. The second kappa shape index (κ2) is 4.63. The van der Waals surface area contributed by atoms with Crippen LogP contribution in [0.2, 0.25) is 0 Å². The molecule has 15 heavy (non-hydrogen) atoms. The highest BCUT2D eigenvalue weighted by Gasteiger charge is 2.19. The Morgan fingerprint density at radius 2 is 2.27 bits per heavy atom. The first-order valence-electron chi connectivity index (χ1n) is 4.56. The Kier molecular flexibility index (Phi) is 3.48. The lowest BCUT2D eigenvalue weighted by Gasteiger charge is -2.18. The maximum absolute atomic E-state index is 10.5. The van der Waals surface area contributed by atoms with Crippen LogP contribution in [0.1, 0.15) is 19.7 Å². The van der Waals surface area contributed by atoms with Crippen molar-refractivity contribution in [2.45, 2.75) is 26.3 Å². The third-order valence-electron chi connectivity index (χ3n) is 1.99. The summed E-state index contributed by atoms with van der Waals surface area (Å²) in [6.07, 6.45) is -0.727. The van der Waals surface area contributed by atoms with Crippen LogP contribution in [0.3, 0.4) is 0 Å². The molecule has 7 nitrogen and oxygen atoms in total. The SMILES string of the molecule is CC(C)C(Cc1nnc(N)o1)NC(=O)O. The van der Waals surface area contributed by atoms with E-state index in [1.54, 1.807) is 0 Å². The summed E-state index contributed by atoms with van der Waals surface area (Å²) in [7, 11) is 0. The third kappa shape index (κ3) is 3.45. The molecule has 1 unspecified atom stereocenters. The molecule has 0 spiro atoms. The van der Waals surface area contributed by atoms with Crippen LogP contribution < -0.4 is 11.1 Å². The van der Waals surface area contributed by atoms with E-state index in [1.807, 2.05) is 13.8 Å². The van der Waals surface area contributed by atoms with Gasteiger partial charge >= 0.3 is 12.1 Å². The topological polar surface area (TPSA) is 114 Å². The Hall–Kier alpha value is -1.79. The van der Waals surface area contributed by atoms with Crippen LogP contribution in [0, 0.1) is 5.92 Å². The number of anilines is 1. The van der Waals surface area contributed by atoms with Crippen LogP contribution in [0.25, 0.3) is 0 Å². The highest BCUT2D eigenvalue weighted by molar-refractivity contribution is 5.64. The quantitative estimate of drug-likeness (QED) is 0.671. The molecule has 0 radical (unpaired) electrons. The molecule has 4 N–H and O–H groups in total. The summed E-state index contributed by atoms with van der Waals surface area (Å²) in [6, 6.07) is -0.273. The second-order valence-electron chi connectivity index (χ2n) is 3.54. The van der Waals surface area contributed by atoms with Crippen LogP contribution in [0.15, 0.2) is 4.42 Å². The van der Waals surface area contributed by atoms with Crippen molar-refractivity contribution >= 4 is 12.1 Å². The number of carbonyl (C=O) groups is 1. The second-order valence-corrected chi connectivity index (χ2v) is 3.54. The molecular formula is C8H14N4O3. The monoisotopic (exact) mass is 214 g/mol. The van der Waals surface area contributed by atoms with Crippen molar-refractivity contribution in [3.05, 3.63) is 5.89 Å². The van der Waals surface area contributed by atoms with Crippen molar-refractivity contribution in [2.75, 3.05) is 5.73 Å². The number of nitrogen functional groups attached to an aromatic ring is 1. The number of nitrogens with one attached hydrogen (secondary N) is 1. The zero-order valence-corrected chi connectivity index (χ0v) is 8.60. The van der Waals surface area contributed by atoms with Crippen molar-refractivity contribution in [3.8, 4) is 0 Å². The molecule has 1 aromatic rings. The van der Waals surface area contributed by atoms with Gasteiger partial charge in [0.2, 0.25) is 5.89 Å². The largest absolute Gasteiger partial charge is 0.465 e. The van der Waals surface area contributed by atoms with Gasteiger partial charge in [-0.15, -0.1) is 5.10 Å². The van der Waals surface area contributed by atoms with Crippen molar-refractivity contribution in [2.24, 2.45) is 5.92 Å². The lowest BCUT2D eigenvalue weighted by molar-refractivity contribution is 0.185. The van der Waals surface area contributed by atoms with E-state index >= 15 is 0 Å². The maximum atomic E-state index is 10.5. The van der Waals surface area contributed by atoms with Gasteiger partial charge in [-0.05, 0) is 5.92 Å². The maximum Gasteiger partial charge on any atom is 0.404 e. The molecule has 1 amide bonds. The highest BCUT2D eigenvalue weighted by atomic mass is 16.4. The van der Waals surface area contributed by atoms with Gasteiger partial charge in [-0.3, -0.25) is 0 Å². The van der Waals surface area contributed by atoms with Crippen molar-refractivity contribution in [1.29, 1.82) is 0 Å². The van der Waals surface area contributed by atoms with E-state index in [0.29, 0.717) is 12.3 Å². The van der Waals surface area contributed by atoms with Gasteiger partial charge in [-0.25, -0.2) is 4.79 Å². The number of nitrogens with zero attached hydrogens (tertiary/aromatic N) is 2. The lowest BCUT2D eigenvalue weighted by Crippen LogP contribution is -2.39. The fourth-order valence-electron chi connectivity index (χ4n) is 1.15. The molecule has 1 heterocycles. The first-order chi connectivity index (χ1) is 6.99. The van der Waals surface area contributed by atoms with E-state index in [4.69, 9.17) is 15.3 Å². The first-order valence-corrected chi connectivity index (χ1v) is 4.56. The minimum absolute atomic E-state index is 0.0113. The zero-order chi connectivity index (χ0) is 11.4. The Bertz CT molecular complexity index is 336. The van der Waals surface area contributed by atoms with E-state index in [1.165, 1.54) is 0 Å². The van der Waals surface area contributed by atoms with E-state index in [9.17, 15) is 4.79 Å². The molecule has 0 saturated heterocycles. The van der Waals surface area contributed by atoms with Crippen LogP contribution >= 0.6 is 0 Å². The number of hydrogen-bond acceptors (Lipinski definition) is 5. The summed E-state index contributed by atoms with van der Waals surface area (Å²) in [5, 5.41) is 18.2. The van der Waals surface area contributed by atoms with E-state index in [-0.39, 0.29) is 18.0 Å². The van der Waals surface area contributed by atoms with Gasteiger partial charge in [0.15, 0.2) is 0 Å². The number of aromatic nitrogens is 2. The molecule has 1 aromatic heterocycles. The molecule has 7 heteroatoms. The summed E-state index contributed by atoms with van der Waals surface area (Å²) in [4.78, 5) is 10.5. The van der Waals surface area contributed by atoms with E-state index in [2.05, 4.69) is 15.5 Å². The lowest BCUT2D eigenvalue weighted by atomic mass is 10.0. The van der Waals surface area contributed by atoms with Gasteiger partial charge in [0.1, 0.15) is 0 Å². The molecule has 0 saturated carbocycles. The normalized spacial score (nSPS) is 12.7. The Morgan fingerprint density at radius 3 is 2.67 bits per heavy atom. The van der Waals surface area contributed by atoms with Crippen LogP contribution in [0.5, 0.6) is 0 Å². The summed E-state index contributed by atoms with van der Waals surface area (Å²) < 4.78 is 4.97. The molecule has 0 fully saturated rings. The van der Waals surface area contributed by atoms with Crippen molar-refractivity contribution in [1.82, 2.24) is 15.5 Å². The molecular weight excluding hydrogens is 200 g/mol. The predicted octanol–water partition coefficient (Wildman–Crippen LogP) is 0.487. The van der Waals surface area contributed by atoms with E-state index in [0.717, 1.165) is 0 Å². The molecule has 0 aliphatic rings. The van der Waals surface area contributed by atoms with E-state index < -0.39 is 6.09 Å². The molecule has 1 atom stereocenters. The standard InChI is InChI=1S/C8H14N4O3/c1-4(2)5(10-8(13)14)3-6-11-12-7(9)15-6/h4-5,10H,3H2,1-2H3,(H2,9,12)(H,13,14). The van der Waals surface area contributed by atoms with Gasteiger partial charge < -0.3 is 20.6 Å². The Labute approximate surface area is 86.7 Å². The third-order valence-corrected chi connectivity index (χ3v) is 1.99. The van der Waals surface area contributed by atoms with Gasteiger partial charge in [0, 0.05) is 12.5 Å². The molecule has 84 valence electrons. The van der Waals surface area contributed by atoms with Crippen molar-refractivity contribution < 1.29 is 14.3 Å². The molecule has 0 aromatic carbocycles. The Balaban J connectivity index is 2.62. The van der Waals surface area contributed by atoms with Crippen LogP contribution in [0.4, 0.5) is 10.8 Å². The van der Waals surface area contributed by atoms with Gasteiger partial charge in [0.25, 0.3) is 0 Å². The fourth-order valence-corrected chi connectivity index (χ4v) is 1.15. The van der Waals surface area contributed by atoms with Gasteiger partial charge in [0.05, 0.1) is 0 Å². The van der Waals surface area contributed by atoms with Gasteiger partial charge in [-0.2, -0.15) is 0 Å². The number of rotatable bonds is 4. The summed E-state index contributed by atoms with van der Waals surface area (Å²) >= 11 is 0. The highest BCUT2D eigenvalue weighted by Crippen LogP contribution is 2.10.